The van der Waals surface area contributed by atoms with E-state index < -0.39 is 5.97 Å². The minimum atomic E-state index is -0.470. The Kier molecular flexibility index (Phi) is 7.61. The molecule has 0 unspecified atom stereocenters. The summed E-state index contributed by atoms with van der Waals surface area (Å²) in [6.07, 6.45) is 0. The summed E-state index contributed by atoms with van der Waals surface area (Å²) in [5.74, 6) is 0.260. The average molecular weight is 373 g/mol. The number of methoxy groups -OCH3 is 2. The van der Waals surface area contributed by atoms with Gasteiger partial charge in [0.15, 0.2) is 5.96 Å². The van der Waals surface area contributed by atoms with Gasteiger partial charge >= 0.3 is 5.97 Å². The Bertz CT molecular complexity index is 809. The first-order chi connectivity index (χ1) is 13.1. The van der Waals surface area contributed by atoms with Crippen molar-refractivity contribution in [3.8, 4) is 5.75 Å². The van der Waals surface area contributed by atoms with Crippen LogP contribution in [0.5, 0.6) is 5.75 Å². The van der Waals surface area contributed by atoms with Crippen molar-refractivity contribution in [3.63, 3.8) is 0 Å². The molecule has 0 spiro atoms. The SMILES string of the molecule is CCNC(=NCc1ccc(OC)c(C(=O)OC)c1)NCc1ccccc1F. The van der Waals surface area contributed by atoms with Crippen LogP contribution in [0.3, 0.4) is 0 Å². The highest BCUT2D eigenvalue weighted by Gasteiger charge is 2.13. The molecule has 0 saturated heterocycles. The Balaban J connectivity index is 2.12. The van der Waals surface area contributed by atoms with Gasteiger partial charge in [-0.1, -0.05) is 24.3 Å². The first kappa shape index (κ1) is 20.2. The molecule has 2 rings (SSSR count). The summed E-state index contributed by atoms with van der Waals surface area (Å²) >= 11 is 0. The summed E-state index contributed by atoms with van der Waals surface area (Å²) in [7, 11) is 2.82. The molecule has 0 heterocycles. The fourth-order valence-corrected chi connectivity index (χ4v) is 2.46. The van der Waals surface area contributed by atoms with E-state index in [0.717, 1.165) is 5.56 Å². The summed E-state index contributed by atoms with van der Waals surface area (Å²) in [6.45, 7) is 3.26. The third-order valence-corrected chi connectivity index (χ3v) is 3.84. The molecule has 0 fully saturated rings. The topological polar surface area (TPSA) is 72.0 Å². The molecule has 0 radical (unpaired) electrons. The molecular formula is C20H24FN3O3. The van der Waals surface area contributed by atoms with Gasteiger partial charge < -0.3 is 20.1 Å². The van der Waals surface area contributed by atoms with Crippen LogP contribution in [0.25, 0.3) is 0 Å². The van der Waals surface area contributed by atoms with Gasteiger partial charge in [-0.2, -0.15) is 0 Å². The number of benzene rings is 2. The first-order valence-corrected chi connectivity index (χ1v) is 8.59. The Labute approximate surface area is 158 Å². The number of aliphatic imine (C=N–C) groups is 1. The number of guanidine groups is 1. The molecule has 6 nitrogen and oxygen atoms in total. The molecule has 0 saturated carbocycles. The Morgan fingerprint density at radius 1 is 1.15 bits per heavy atom. The summed E-state index contributed by atoms with van der Waals surface area (Å²) < 4.78 is 23.7. The quantitative estimate of drug-likeness (QED) is 0.444. The molecule has 2 aromatic rings. The van der Waals surface area contributed by atoms with Gasteiger partial charge in [-0.3, -0.25) is 0 Å². The number of hydrogen-bond donors (Lipinski definition) is 2. The Hall–Kier alpha value is -3.09. The standard InChI is InChI=1S/C20H24FN3O3/c1-4-22-20(24-13-15-7-5-6-8-17(15)21)23-12-14-9-10-18(26-2)16(11-14)19(25)27-3/h5-11H,4,12-13H2,1-3H3,(H2,22,23,24). The molecule has 144 valence electrons. The minimum absolute atomic E-state index is 0.265. The molecular weight excluding hydrogens is 349 g/mol. The van der Waals surface area contributed by atoms with Gasteiger partial charge in [-0.05, 0) is 30.7 Å². The van der Waals surface area contributed by atoms with Crippen LogP contribution >= 0.6 is 0 Å². The molecule has 7 heteroatoms. The highest BCUT2D eigenvalue weighted by molar-refractivity contribution is 5.92. The molecule has 2 N–H and O–H groups in total. The molecule has 0 aromatic heterocycles. The van der Waals surface area contributed by atoms with Crippen LogP contribution in [-0.2, 0) is 17.8 Å². The number of ether oxygens (including phenoxy) is 2. The van der Waals surface area contributed by atoms with Crippen LogP contribution in [0.15, 0.2) is 47.5 Å². The zero-order chi connectivity index (χ0) is 19.6. The largest absolute Gasteiger partial charge is 0.496 e. The predicted molar refractivity (Wildman–Crippen MR) is 102 cm³/mol. The van der Waals surface area contributed by atoms with E-state index in [0.29, 0.717) is 42.5 Å². The van der Waals surface area contributed by atoms with Crippen LogP contribution in [0, 0.1) is 5.82 Å². The van der Waals surface area contributed by atoms with E-state index in [2.05, 4.69) is 15.6 Å². The lowest BCUT2D eigenvalue weighted by Gasteiger charge is -2.12. The molecule has 0 aliphatic heterocycles. The number of hydrogen-bond acceptors (Lipinski definition) is 4. The first-order valence-electron chi connectivity index (χ1n) is 8.59. The maximum absolute atomic E-state index is 13.7. The highest BCUT2D eigenvalue weighted by atomic mass is 19.1. The minimum Gasteiger partial charge on any atom is -0.496 e. The Morgan fingerprint density at radius 3 is 2.59 bits per heavy atom. The van der Waals surface area contributed by atoms with Crippen molar-refractivity contribution in [1.82, 2.24) is 10.6 Å². The molecule has 2 aromatic carbocycles. The maximum atomic E-state index is 13.7. The van der Waals surface area contributed by atoms with Gasteiger partial charge in [0.1, 0.15) is 17.1 Å². The van der Waals surface area contributed by atoms with Crippen molar-refractivity contribution in [2.45, 2.75) is 20.0 Å². The van der Waals surface area contributed by atoms with Gasteiger partial charge in [-0.15, -0.1) is 0 Å². The lowest BCUT2D eigenvalue weighted by Crippen LogP contribution is -2.37. The fourth-order valence-electron chi connectivity index (χ4n) is 2.46. The van der Waals surface area contributed by atoms with E-state index in [1.54, 1.807) is 30.3 Å². The monoisotopic (exact) mass is 373 g/mol. The van der Waals surface area contributed by atoms with Crippen molar-refractivity contribution >= 4 is 11.9 Å². The van der Waals surface area contributed by atoms with Crippen LogP contribution in [0.2, 0.25) is 0 Å². The number of nitrogens with zero attached hydrogens (tertiary/aromatic N) is 1. The van der Waals surface area contributed by atoms with Gasteiger partial charge in [0.05, 0.1) is 20.8 Å². The van der Waals surface area contributed by atoms with Gasteiger partial charge in [0, 0.05) is 18.7 Å². The number of halogens is 1. The van der Waals surface area contributed by atoms with E-state index in [9.17, 15) is 9.18 Å². The fraction of sp³-hybridized carbons (Fsp3) is 0.300. The average Bonchev–Trinajstić information content (AvgIpc) is 2.70. The zero-order valence-electron chi connectivity index (χ0n) is 15.7. The number of carbonyl (C=O) groups is 1. The van der Waals surface area contributed by atoms with Crippen molar-refractivity contribution in [2.75, 3.05) is 20.8 Å². The lowest BCUT2D eigenvalue weighted by atomic mass is 10.1. The predicted octanol–water partition coefficient (Wildman–Crippen LogP) is 2.88. The number of nitrogens with one attached hydrogen (secondary N) is 2. The molecule has 0 amide bonds. The second-order valence-corrected chi connectivity index (χ2v) is 5.67. The van der Waals surface area contributed by atoms with Crippen LogP contribution in [0.4, 0.5) is 4.39 Å². The number of carbonyl (C=O) groups excluding carboxylic acids is 1. The van der Waals surface area contributed by atoms with E-state index >= 15 is 0 Å². The molecule has 0 aliphatic carbocycles. The van der Waals surface area contributed by atoms with Crippen LogP contribution in [0.1, 0.15) is 28.4 Å². The zero-order valence-corrected chi connectivity index (χ0v) is 15.7. The van der Waals surface area contributed by atoms with Crippen molar-refractivity contribution in [2.24, 2.45) is 4.99 Å². The molecule has 0 atom stereocenters. The van der Waals surface area contributed by atoms with E-state index in [-0.39, 0.29) is 5.82 Å². The van der Waals surface area contributed by atoms with Crippen LogP contribution < -0.4 is 15.4 Å². The summed E-state index contributed by atoms with van der Waals surface area (Å²) in [4.78, 5) is 16.4. The normalized spacial score (nSPS) is 11.0. The number of rotatable bonds is 7. The van der Waals surface area contributed by atoms with Crippen molar-refractivity contribution in [1.29, 1.82) is 0 Å². The van der Waals surface area contributed by atoms with E-state index in [1.165, 1.54) is 20.3 Å². The summed E-state index contributed by atoms with van der Waals surface area (Å²) in [5, 5.41) is 6.22. The smallest absolute Gasteiger partial charge is 0.341 e. The van der Waals surface area contributed by atoms with Gasteiger partial charge in [0.2, 0.25) is 0 Å². The molecule has 0 bridgehead atoms. The maximum Gasteiger partial charge on any atom is 0.341 e. The highest BCUT2D eigenvalue weighted by Crippen LogP contribution is 2.21. The van der Waals surface area contributed by atoms with E-state index in [1.807, 2.05) is 13.0 Å². The lowest BCUT2D eigenvalue weighted by molar-refractivity contribution is 0.0597. The van der Waals surface area contributed by atoms with Crippen molar-refractivity contribution in [3.05, 3.63) is 65.0 Å². The molecule has 0 aliphatic rings. The van der Waals surface area contributed by atoms with Crippen molar-refractivity contribution < 1.29 is 18.7 Å². The van der Waals surface area contributed by atoms with Gasteiger partial charge in [-0.25, -0.2) is 14.2 Å². The summed E-state index contributed by atoms with van der Waals surface area (Å²) in [5.41, 5.74) is 1.72. The third kappa shape index (κ3) is 5.70. The molecule has 27 heavy (non-hydrogen) atoms. The summed E-state index contributed by atoms with van der Waals surface area (Å²) in [6, 6.07) is 11.8. The van der Waals surface area contributed by atoms with E-state index in [4.69, 9.17) is 9.47 Å². The van der Waals surface area contributed by atoms with Gasteiger partial charge in [0.25, 0.3) is 0 Å². The number of esters is 1. The second kappa shape index (κ2) is 10.2. The Morgan fingerprint density at radius 2 is 1.93 bits per heavy atom. The third-order valence-electron chi connectivity index (χ3n) is 3.84. The van der Waals surface area contributed by atoms with Crippen LogP contribution in [-0.4, -0.2) is 32.7 Å². The second-order valence-electron chi connectivity index (χ2n) is 5.67.